The molecule has 3 aliphatic carbocycles. The van der Waals surface area contributed by atoms with E-state index in [1.165, 1.54) is 29.5 Å². The van der Waals surface area contributed by atoms with Crippen molar-refractivity contribution in [1.29, 1.82) is 0 Å². The highest BCUT2D eigenvalue weighted by atomic mass is 16.1. The molecule has 25 heavy (non-hydrogen) atoms. The number of aromatic amines is 1. The number of aromatic nitrogens is 4. The minimum Gasteiger partial charge on any atom is -0.299 e. The molecule has 0 aliphatic heterocycles. The second kappa shape index (κ2) is 5.48. The van der Waals surface area contributed by atoms with Gasteiger partial charge >= 0.3 is 0 Å². The van der Waals surface area contributed by atoms with Crippen LogP contribution in [0.4, 0.5) is 0 Å². The van der Waals surface area contributed by atoms with Crippen LogP contribution in [0.2, 0.25) is 0 Å². The molecule has 1 heterocycles. The molecule has 130 valence electrons. The van der Waals surface area contributed by atoms with E-state index in [1.54, 1.807) is 0 Å². The van der Waals surface area contributed by atoms with E-state index in [-0.39, 0.29) is 5.41 Å². The highest BCUT2D eigenvalue weighted by molar-refractivity contribution is 5.87. The summed E-state index contributed by atoms with van der Waals surface area (Å²) < 4.78 is 0. The molecule has 0 saturated heterocycles. The van der Waals surface area contributed by atoms with Crippen LogP contribution in [-0.4, -0.2) is 26.4 Å². The van der Waals surface area contributed by atoms with Crippen LogP contribution >= 0.6 is 0 Å². The van der Waals surface area contributed by atoms with Crippen LogP contribution in [0.25, 0.3) is 0 Å². The number of rotatable bonds is 2. The zero-order valence-electron chi connectivity index (χ0n) is 14.7. The maximum atomic E-state index is 12.4. The van der Waals surface area contributed by atoms with Gasteiger partial charge in [0.1, 0.15) is 5.78 Å². The van der Waals surface area contributed by atoms with Crippen molar-refractivity contribution in [2.75, 3.05) is 0 Å². The van der Waals surface area contributed by atoms with E-state index in [9.17, 15) is 4.79 Å². The largest absolute Gasteiger partial charge is 0.299 e. The number of nitrogens with one attached hydrogen (secondary N) is 1. The Hall–Kier alpha value is -2.04. The molecule has 1 aromatic carbocycles. The number of hydrogen-bond acceptors (Lipinski definition) is 4. The summed E-state index contributed by atoms with van der Waals surface area (Å²) >= 11 is 0. The van der Waals surface area contributed by atoms with Crippen LogP contribution < -0.4 is 0 Å². The monoisotopic (exact) mass is 336 g/mol. The predicted molar refractivity (Wildman–Crippen MR) is 93.0 cm³/mol. The first-order valence-electron chi connectivity index (χ1n) is 9.52. The van der Waals surface area contributed by atoms with E-state index >= 15 is 0 Å². The van der Waals surface area contributed by atoms with Crippen LogP contribution in [0.15, 0.2) is 18.2 Å². The van der Waals surface area contributed by atoms with E-state index in [0.29, 0.717) is 23.5 Å². The quantitative estimate of drug-likeness (QED) is 0.914. The van der Waals surface area contributed by atoms with E-state index in [1.807, 2.05) is 0 Å². The molecule has 0 unspecified atom stereocenters. The minimum absolute atomic E-state index is 0.0305. The van der Waals surface area contributed by atoms with Gasteiger partial charge in [0.15, 0.2) is 5.82 Å². The van der Waals surface area contributed by atoms with Crippen molar-refractivity contribution in [3.8, 4) is 0 Å². The first-order chi connectivity index (χ1) is 12.1. The molecule has 0 radical (unpaired) electrons. The summed E-state index contributed by atoms with van der Waals surface area (Å²) in [6, 6.07) is 6.90. The number of aryl methyl sites for hydroxylation is 1. The summed E-state index contributed by atoms with van der Waals surface area (Å²) in [5, 5.41) is 14.3. The fraction of sp³-hybridized carbons (Fsp3) is 0.600. The Morgan fingerprint density at radius 2 is 2.16 bits per heavy atom. The molecule has 0 bridgehead atoms. The average molecular weight is 336 g/mol. The van der Waals surface area contributed by atoms with Crippen molar-refractivity contribution in [1.82, 2.24) is 20.6 Å². The van der Waals surface area contributed by atoms with Crippen LogP contribution in [0.5, 0.6) is 0 Å². The minimum atomic E-state index is -0.0305. The molecule has 0 spiro atoms. The molecule has 0 amide bonds. The lowest BCUT2D eigenvalue weighted by Gasteiger charge is -2.48. The number of fused-ring (bicyclic) bond motifs is 5. The third-order valence-electron chi connectivity index (χ3n) is 7.25. The van der Waals surface area contributed by atoms with Gasteiger partial charge < -0.3 is 0 Å². The first-order valence-corrected chi connectivity index (χ1v) is 9.52. The van der Waals surface area contributed by atoms with E-state index < -0.39 is 0 Å². The van der Waals surface area contributed by atoms with Gasteiger partial charge in [0.25, 0.3) is 0 Å². The Morgan fingerprint density at radius 1 is 1.24 bits per heavy atom. The second-order valence-electron chi connectivity index (χ2n) is 8.37. The Labute approximate surface area is 147 Å². The lowest BCUT2D eigenvalue weighted by molar-refractivity contribution is -0.129. The lowest BCUT2D eigenvalue weighted by Crippen LogP contribution is -2.42. The molecule has 1 aromatic heterocycles. The number of carbonyl (C=O) groups is 1. The highest BCUT2D eigenvalue weighted by Gasteiger charge is 2.54. The predicted octanol–water partition coefficient (Wildman–Crippen LogP) is 3.22. The summed E-state index contributed by atoms with van der Waals surface area (Å²) in [4.78, 5) is 12.4. The molecule has 1 N–H and O–H groups in total. The van der Waals surface area contributed by atoms with Gasteiger partial charge in [-0.2, -0.15) is 5.21 Å². The molecule has 4 atom stereocenters. The van der Waals surface area contributed by atoms with E-state index in [4.69, 9.17) is 0 Å². The zero-order chi connectivity index (χ0) is 17.0. The third kappa shape index (κ3) is 2.28. The van der Waals surface area contributed by atoms with Crippen molar-refractivity contribution in [3.63, 3.8) is 0 Å². The third-order valence-corrected chi connectivity index (χ3v) is 7.25. The van der Waals surface area contributed by atoms with Crippen LogP contribution in [0, 0.1) is 17.3 Å². The normalized spacial score (nSPS) is 33.6. The molecule has 2 fully saturated rings. The molecule has 5 nitrogen and oxygen atoms in total. The summed E-state index contributed by atoms with van der Waals surface area (Å²) in [7, 11) is 0. The molecular weight excluding hydrogens is 312 g/mol. The van der Waals surface area contributed by atoms with Crippen LogP contribution in [-0.2, 0) is 17.6 Å². The van der Waals surface area contributed by atoms with Gasteiger partial charge in [-0.25, -0.2) is 0 Å². The van der Waals surface area contributed by atoms with Gasteiger partial charge in [0.05, 0.1) is 0 Å². The standard InChI is InChI=1S/C20H24N4O/c1-20-9-8-15-14-4-2-12(11-19-21-23-24-22-19)10-13(14)3-5-16(15)17(20)6-7-18(20)25/h2,4,10,15-17H,3,5-9,11H2,1H3,(H,21,22,23,24)/t15-,16-,17+,20+/m1/s1. The maximum absolute atomic E-state index is 12.4. The highest BCUT2D eigenvalue weighted by Crippen LogP contribution is 2.59. The maximum Gasteiger partial charge on any atom is 0.178 e. The van der Waals surface area contributed by atoms with E-state index in [2.05, 4.69) is 45.7 Å². The zero-order valence-corrected chi connectivity index (χ0v) is 14.7. The van der Waals surface area contributed by atoms with Gasteiger partial charge in [0, 0.05) is 18.3 Å². The Bertz CT molecular complexity index is 815. The van der Waals surface area contributed by atoms with Gasteiger partial charge in [-0.3, -0.25) is 4.79 Å². The fourth-order valence-electron chi connectivity index (χ4n) is 5.96. The summed E-state index contributed by atoms with van der Waals surface area (Å²) in [6.45, 7) is 2.24. The van der Waals surface area contributed by atoms with Gasteiger partial charge in [-0.1, -0.05) is 30.3 Å². The summed E-state index contributed by atoms with van der Waals surface area (Å²) in [6.07, 6.45) is 7.26. The summed E-state index contributed by atoms with van der Waals surface area (Å²) in [5.74, 6) is 3.21. The SMILES string of the molecule is C[C@]12CC[C@@H]3c4ccc(Cc5nn[nH]n5)cc4CC[C@H]3[C@@H]1CCC2=O. The first kappa shape index (κ1) is 15.2. The lowest BCUT2D eigenvalue weighted by atomic mass is 9.55. The number of ketones is 1. The smallest absolute Gasteiger partial charge is 0.178 e. The Balaban J connectivity index is 1.43. The number of hydrogen-bond donors (Lipinski definition) is 1. The molecule has 5 heteroatoms. The molecule has 3 aliphatic rings. The number of H-pyrrole nitrogens is 1. The van der Waals surface area contributed by atoms with Crippen LogP contribution in [0.1, 0.15) is 67.5 Å². The van der Waals surface area contributed by atoms with Gasteiger partial charge in [-0.05, 0) is 66.5 Å². The Kier molecular flexibility index (Phi) is 3.34. The van der Waals surface area contributed by atoms with Crippen molar-refractivity contribution in [2.24, 2.45) is 17.3 Å². The topological polar surface area (TPSA) is 71.5 Å². The number of tetrazole rings is 1. The second-order valence-corrected chi connectivity index (χ2v) is 8.37. The molecular formula is C20H24N4O. The number of nitrogens with zero attached hydrogens (tertiary/aromatic N) is 3. The average Bonchev–Trinajstić information content (AvgIpc) is 3.23. The van der Waals surface area contributed by atoms with Crippen molar-refractivity contribution in [2.45, 2.75) is 57.8 Å². The van der Waals surface area contributed by atoms with Gasteiger partial charge in [0.2, 0.25) is 0 Å². The van der Waals surface area contributed by atoms with Gasteiger partial charge in [-0.15, -0.1) is 10.2 Å². The number of Topliss-reactive ketones (excluding diaryl/α,β-unsaturated/α-hetero) is 1. The van der Waals surface area contributed by atoms with Crippen molar-refractivity contribution in [3.05, 3.63) is 40.7 Å². The van der Waals surface area contributed by atoms with Crippen molar-refractivity contribution < 1.29 is 4.79 Å². The summed E-state index contributed by atoms with van der Waals surface area (Å²) in [5.41, 5.74) is 4.26. The molecule has 5 rings (SSSR count). The number of carbonyl (C=O) groups excluding carboxylic acids is 1. The van der Waals surface area contributed by atoms with Crippen LogP contribution in [0.3, 0.4) is 0 Å². The van der Waals surface area contributed by atoms with E-state index in [0.717, 1.165) is 37.9 Å². The Morgan fingerprint density at radius 3 is 3.00 bits per heavy atom. The molecule has 2 saturated carbocycles. The van der Waals surface area contributed by atoms with Crippen molar-refractivity contribution >= 4 is 5.78 Å². The fourth-order valence-corrected chi connectivity index (χ4v) is 5.96. The number of benzene rings is 1. The molecule has 2 aromatic rings.